The second-order valence-corrected chi connectivity index (χ2v) is 9.43. The van der Waals surface area contributed by atoms with Crippen LogP contribution in [0.5, 0.6) is 17.2 Å². The average Bonchev–Trinajstić information content (AvgIpc) is 3.50. The summed E-state index contributed by atoms with van der Waals surface area (Å²) in [6.45, 7) is 1.35. The molecular formula is C31H36N2O6. The number of methoxy groups -OCH3 is 3. The van der Waals surface area contributed by atoms with E-state index < -0.39 is 6.04 Å². The summed E-state index contributed by atoms with van der Waals surface area (Å²) in [6.07, 6.45) is 1.96. The molecule has 0 saturated carbocycles. The molecule has 3 aromatic rings. The molecule has 0 aliphatic carbocycles. The van der Waals surface area contributed by atoms with E-state index in [4.69, 9.17) is 18.9 Å². The number of ether oxygens (including phenoxy) is 4. The summed E-state index contributed by atoms with van der Waals surface area (Å²) < 4.78 is 21.8. The summed E-state index contributed by atoms with van der Waals surface area (Å²) in [6, 6.07) is 21.5. The molecule has 206 valence electrons. The highest BCUT2D eigenvalue weighted by molar-refractivity contribution is 5.89. The van der Waals surface area contributed by atoms with Gasteiger partial charge < -0.3 is 29.2 Å². The first-order chi connectivity index (χ1) is 19.0. The van der Waals surface area contributed by atoms with Gasteiger partial charge in [0.05, 0.1) is 33.9 Å². The molecule has 4 rings (SSSR count). The first-order valence-corrected chi connectivity index (χ1v) is 13.1. The molecule has 0 spiro atoms. The molecule has 2 unspecified atom stereocenters. The summed E-state index contributed by atoms with van der Waals surface area (Å²) in [5.41, 5.74) is 2.37. The molecule has 39 heavy (non-hydrogen) atoms. The van der Waals surface area contributed by atoms with E-state index >= 15 is 0 Å². The van der Waals surface area contributed by atoms with Gasteiger partial charge in [0.1, 0.15) is 11.8 Å². The molecule has 8 nitrogen and oxygen atoms in total. The van der Waals surface area contributed by atoms with Crippen molar-refractivity contribution in [3.8, 4) is 17.2 Å². The van der Waals surface area contributed by atoms with E-state index in [9.17, 15) is 9.59 Å². The number of nitrogens with zero attached hydrogens (tertiary/aromatic N) is 1. The van der Waals surface area contributed by atoms with Crippen molar-refractivity contribution in [2.75, 3.05) is 34.5 Å². The fourth-order valence-electron chi connectivity index (χ4n) is 4.74. The number of hydrogen-bond donors (Lipinski definition) is 1. The summed E-state index contributed by atoms with van der Waals surface area (Å²) >= 11 is 0. The van der Waals surface area contributed by atoms with Crippen molar-refractivity contribution in [1.82, 2.24) is 10.2 Å². The molecule has 1 heterocycles. The van der Waals surface area contributed by atoms with Crippen LogP contribution in [-0.4, -0.2) is 57.3 Å². The van der Waals surface area contributed by atoms with Gasteiger partial charge >= 0.3 is 0 Å². The Hall–Kier alpha value is -4.04. The third kappa shape index (κ3) is 7.29. The first-order valence-electron chi connectivity index (χ1n) is 13.1. The highest BCUT2D eigenvalue weighted by Crippen LogP contribution is 2.30. The summed E-state index contributed by atoms with van der Waals surface area (Å²) in [7, 11) is 4.74. The van der Waals surface area contributed by atoms with Crippen LogP contribution in [0, 0.1) is 0 Å². The van der Waals surface area contributed by atoms with Gasteiger partial charge in [-0.25, -0.2) is 0 Å². The zero-order valence-electron chi connectivity index (χ0n) is 22.7. The third-order valence-electron chi connectivity index (χ3n) is 6.84. The first kappa shape index (κ1) is 28.0. The quantitative estimate of drug-likeness (QED) is 0.374. The zero-order valence-corrected chi connectivity index (χ0v) is 22.7. The highest BCUT2D eigenvalue weighted by Gasteiger charge is 2.32. The summed E-state index contributed by atoms with van der Waals surface area (Å²) in [5, 5.41) is 3.05. The maximum atomic E-state index is 14.0. The van der Waals surface area contributed by atoms with Crippen molar-refractivity contribution in [2.24, 2.45) is 0 Å². The van der Waals surface area contributed by atoms with Crippen LogP contribution in [0.3, 0.4) is 0 Å². The van der Waals surface area contributed by atoms with Crippen LogP contribution < -0.4 is 19.5 Å². The van der Waals surface area contributed by atoms with Crippen LogP contribution >= 0.6 is 0 Å². The third-order valence-corrected chi connectivity index (χ3v) is 6.84. The van der Waals surface area contributed by atoms with Crippen molar-refractivity contribution < 1.29 is 28.5 Å². The van der Waals surface area contributed by atoms with Crippen molar-refractivity contribution in [3.05, 3.63) is 89.5 Å². The Morgan fingerprint density at radius 2 is 1.64 bits per heavy atom. The minimum atomic E-state index is -0.831. The molecule has 2 atom stereocenters. The van der Waals surface area contributed by atoms with Crippen molar-refractivity contribution in [1.29, 1.82) is 0 Å². The molecule has 0 radical (unpaired) electrons. The van der Waals surface area contributed by atoms with Gasteiger partial charge in [-0.3, -0.25) is 9.59 Å². The molecule has 1 fully saturated rings. The molecule has 0 aromatic heterocycles. The summed E-state index contributed by atoms with van der Waals surface area (Å²) in [5.74, 6) is 1.40. The maximum Gasteiger partial charge on any atom is 0.247 e. The number of carbonyl (C=O) groups excluding carboxylic acids is 2. The summed E-state index contributed by atoms with van der Waals surface area (Å²) in [4.78, 5) is 29.4. The molecule has 2 amide bonds. The molecule has 0 bridgehead atoms. The second-order valence-electron chi connectivity index (χ2n) is 9.43. The van der Waals surface area contributed by atoms with Gasteiger partial charge in [-0.1, -0.05) is 48.5 Å². The second kappa shape index (κ2) is 13.7. The van der Waals surface area contributed by atoms with E-state index in [-0.39, 0.29) is 30.9 Å². The van der Waals surface area contributed by atoms with E-state index in [1.54, 1.807) is 38.4 Å². The molecule has 8 heteroatoms. The lowest BCUT2D eigenvalue weighted by Gasteiger charge is -2.32. The van der Waals surface area contributed by atoms with Crippen LogP contribution in [0.1, 0.15) is 35.6 Å². The van der Waals surface area contributed by atoms with E-state index in [0.29, 0.717) is 24.7 Å². The number of hydrogen-bond acceptors (Lipinski definition) is 6. The molecule has 1 saturated heterocycles. The Morgan fingerprint density at radius 3 is 2.28 bits per heavy atom. The Labute approximate surface area is 229 Å². The Bertz CT molecular complexity index is 1230. The fraction of sp³-hybridized carbons (Fsp3) is 0.355. The number of nitrogens with one attached hydrogen (secondary N) is 1. The van der Waals surface area contributed by atoms with Gasteiger partial charge in [-0.15, -0.1) is 0 Å². The normalized spacial score (nSPS) is 15.3. The number of amides is 2. The molecule has 1 N–H and O–H groups in total. The topological polar surface area (TPSA) is 86.3 Å². The van der Waals surface area contributed by atoms with Crippen LogP contribution in [0.15, 0.2) is 72.8 Å². The molecule has 1 aliphatic rings. The predicted molar refractivity (Wildman–Crippen MR) is 148 cm³/mol. The smallest absolute Gasteiger partial charge is 0.247 e. The lowest BCUT2D eigenvalue weighted by Crippen LogP contribution is -2.45. The van der Waals surface area contributed by atoms with Crippen molar-refractivity contribution in [3.63, 3.8) is 0 Å². The largest absolute Gasteiger partial charge is 0.497 e. The van der Waals surface area contributed by atoms with Crippen molar-refractivity contribution >= 4 is 11.8 Å². The van der Waals surface area contributed by atoms with Gasteiger partial charge in [0.25, 0.3) is 0 Å². The molecule has 1 aliphatic heterocycles. The van der Waals surface area contributed by atoms with Crippen LogP contribution in [0.2, 0.25) is 0 Å². The highest BCUT2D eigenvalue weighted by atomic mass is 16.5. The monoisotopic (exact) mass is 532 g/mol. The SMILES string of the molecule is COc1ccc(CN(C(=O)Cc2ccc(OC)c(OC)c2)C(C(=O)NCC2CCCO2)c2ccccc2)cc1. The number of carbonyl (C=O) groups is 2. The van der Waals surface area contributed by atoms with Gasteiger partial charge in [0, 0.05) is 19.7 Å². The predicted octanol–water partition coefficient (Wildman–Crippen LogP) is 4.32. The minimum Gasteiger partial charge on any atom is -0.497 e. The van der Waals surface area contributed by atoms with E-state index in [0.717, 1.165) is 35.3 Å². The van der Waals surface area contributed by atoms with Crippen LogP contribution in [0.25, 0.3) is 0 Å². The van der Waals surface area contributed by atoms with Crippen LogP contribution in [-0.2, 0) is 27.3 Å². The standard InChI is InChI=1S/C31H36N2O6/c1-36-25-14-11-22(12-15-25)21-33(29(34)19-23-13-16-27(37-2)28(18-23)38-3)30(24-8-5-4-6-9-24)31(35)32-20-26-10-7-17-39-26/h4-6,8-9,11-16,18,26,30H,7,10,17,19-21H2,1-3H3,(H,32,35). The zero-order chi connectivity index (χ0) is 27.6. The van der Waals surface area contributed by atoms with Crippen LogP contribution in [0.4, 0.5) is 0 Å². The Balaban J connectivity index is 1.66. The fourth-order valence-corrected chi connectivity index (χ4v) is 4.74. The average molecular weight is 533 g/mol. The Morgan fingerprint density at radius 1 is 0.923 bits per heavy atom. The van der Waals surface area contributed by atoms with E-state index in [2.05, 4.69) is 5.32 Å². The minimum absolute atomic E-state index is 0.0112. The van der Waals surface area contributed by atoms with Gasteiger partial charge in [0.2, 0.25) is 11.8 Å². The van der Waals surface area contributed by atoms with Gasteiger partial charge in [-0.05, 0) is 53.8 Å². The number of rotatable bonds is 12. The van der Waals surface area contributed by atoms with Gasteiger partial charge in [-0.2, -0.15) is 0 Å². The lowest BCUT2D eigenvalue weighted by atomic mass is 10.0. The lowest BCUT2D eigenvalue weighted by molar-refractivity contribution is -0.141. The Kier molecular flexibility index (Phi) is 9.80. The molecule has 3 aromatic carbocycles. The van der Waals surface area contributed by atoms with E-state index in [1.165, 1.54) is 0 Å². The van der Waals surface area contributed by atoms with Gasteiger partial charge in [0.15, 0.2) is 11.5 Å². The maximum absolute atomic E-state index is 14.0. The number of benzene rings is 3. The van der Waals surface area contributed by atoms with E-state index in [1.807, 2.05) is 60.7 Å². The molecular weight excluding hydrogens is 496 g/mol. The van der Waals surface area contributed by atoms with Crippen molar-refractivity contribution in [2.45, 2.75) is 38.0 Å².